The Kier molecular flexibility index (Phi) is 3.62. The van der Waals surface area contributed by atoms with Crippen LogP contribution in [0.2, 0.25) is 0 Å². The number of aromatic hydroxyl groups is 1. The highest BCUT2D eigenvalue weighted by molar-refractivity contribution is 7.21. The third-order valence-electron chi connectivity index (χ3n) is 3.20. The van der Waals surface area contributed by atoms with E-state index < -0.39 is 0 Å². The van der Waals surface area contributed by atoms with Gasteiger partial charge in [-0.25, -0.2) is 0 Å². The van der Waals surface area contributed by atoms with E-state index in [9.17, 15) is 9.90 Å². The van der Waals surface area contributed by atoms with E-state index in [0.717, 1.165) is 15.8 Å². The molecule has 0 aliphatic heterocycles. The number of ketones is 1. The lowest BCUT2D eigenvalue weighted by Crippen LogP contribution is -1.99. The number of rotatable bonds is 4. The molecule has 0 unspecified atom stereocenters. The summed E-state index contributed by atoms with van der Waals surface area (Å²) in [5.41, 5.74) is 0.542. The highest BCUT2D eigenvalue weighted by Gasteiger charge is 2.19. The highest BCUT2D eigenvalue weighted by Crippen LogP contribution is 2.37. The number of hydrogen-bond donors (Lipinski definition) is 1. The van der Waals surface area contributed by atoms with Crippen LogP contribution in [-0.2, 0) is 0 Å². The minimum atomic E-state index is -0.170. The number of hydrogen-bond acceptors (Lipinski definition) is 4. The van der Waals surface area contributed by atoms with Crippen LogP contribution in [0.15, 0.2) is 48.5 Å². The van der Waals surface area contributed by atoms with Crippen molar-refractivity contribution in [2.24, 2.45) is 0 Å². The van der Waals surface area contributed by atoms with Gasteiger partial charge in [0, 0.05) is 15.6 Å². The fraction of sp³-hybridized carbons (Fsp3) is 0.118. The van der Waals surface area contributed by atoms with Gasteiger partial charge in [0.1, 0.15) is 16.4 Å². The zero-order valence-electron chi connectivity index (χ0n) is 11.5. The summed E-state index contributed by atoms with van der Waals surface area (Å²) in [6.45, 7) is 2.50. The molecule has 0 spiro atoms. The molecular formula is C17H14O3S. The fourth-order valence-corrected chi connectivity index (χ4v) is 3.24. The van der Waals surface area contributed by atoms with Gasteiger partial charge in [-0.15, -0.1) is 11.3 Å². The second-order valence-corrected chi connectivity index (χ2v) is 5.61. The first-order valence-electron chi connectivity index (χ1n) is 6.68. The van der Waals surface area contributed by atoms with Crippen molar-refractivity contribution in [2.45, 2.75) is 6.92 Å². The number of carbonyl (C=O) groups excluding carboxylic acids is 1. The fourth-order valence-electron chi connectivity index (χ4n) is 2.19. The number of ether oxygens (including phenoxy) is 1. The predicted molar refractivity (Wildman–Crippen MR) is 84.5 cm³/mol. The summed E-state index contributed by atoms with van der Waals surface area (Å²) >= 11 is 1.31. The van der Waals surface area contributed by atoms with Gasteiger partial charge in [0.2, 0.25) is 5.78 Å². The predicted octanol–water partition coefficient (Wildman–Crippen LogP) is 4.24. The van der Waals surface area contributed by atoms with Crippen LogP contribution in [0.4, 0.5) is 0 Å². The second-order valence-electron chi connectivity index (χ2n) is 4.56. The lowest BCUT2D eigenvalue weighted by atomic mass is 10.1. The van der Waals surface area contributed by atoms with E-state index in [-0.39, 0.29) is 11.5 Å². The van der Waals surface area contributed by atoms with Crippen LogP contribution in [0.3, 0.4) is 0 Å². The molecule has 0 atom stereocenters. The van der Waals surface area contributed by atoms with Gasteiger partial charge >= 0.3 is 0 Å². The van der Waals surface area contributed by atoms with Crippen molar-refractivity contribution in [3.63, 3.8) is 0 Å². The van der Waals surface area contributed by atoms with Crippen LogP contribution in [0.5, 0.6) is 11.5 Å². The molecule has 0 bridgehead atoms. The molecule has 0 fully saturated rings. The lowest BCUT2D eigenvalue weighted by Gasteiger charge is -2.04. The van der Waals surface area contributed by atoms with E-state index >= 15 is 0 Å². The number of fused-ring (bicyclic) bond motifs is 1. The van der Waals surface area contributed by atoms with E-state index in [2.05, 4.69) is 0 Å². The molecule has 3 nitrogen and oxygen atoms in total. The van der Waals surface area contributed by atoms with E-state index in [0.29, 0.717) is 17.0 Å². The van der Waals surface area contributed by atoms with Crippen molar-refractivity contribution in [1.82, 2.24) is 0 Å². The third-order valence-corrected chi connectivity index (χ3v) is 4.36. The quantitative estimate of drug-likeness (QED) is 0.733. The standard InChI is InChI=1S/C17H14O3S/c1-2-20-12-9-7-11(8-10-12)15(18)17-16(19)13-5-3-4-6-14(13)21-17/h3-10,19H,2H2,1H3. The zero-order chi connectivity index (χ0) is 14.8. The van der Waals surface area contributed by atoms with Gasteiger partial charge in [-0.05, 0) is 43.3 Å². The summed E-state index contributed by atoms with van der Waals surface area (Å²) in [4.78, 5) is 12.9. The van der Waals surface area contributed by atoms with Crippen LogP contribution < -0.4 is 4.74 Å². The Balaban J connectivity index is 1.98. The van der Waals surface area contributed by atoms with Crippen LogP contribution >= 0.6 is 11.3 Å². The van der Waals surface area contributed by atoms with Crippen LogP contribution in [0.25, 0.3) is 10.1 Å². The molecule has 0 amide bonds. The van der Waals surface area contributed by atoms with Crippen LogP contribution in [0.1, 0.15) is 22.2 Å². The molecule has 3 rings (SSSR count). The maximum absolute atomic E-state index is 12.5. The molecule has 1 heterocycles. The summed E-state index contributed by atoms with van der Waals surface area (Å²) in [5, 5.41) is 10.9. The Labute approximate surface area is 126 Å². The number of carbonyl (C=O) groups is 1. The van der Waals surface area contributed by atoms with Crippen LogP contribution in [-0.4, -0.2) is 17.5 Å². The minimum Gasteiger partial charge on any atom is -0.506 e. The minimum absolute atomic E-state index is 0.0643. The largest absolute Gasteiger partial charge is 0.506 e. The van der Waals surface area contributed by atoms with Gasteiger partial charge in [-0.3, -0.25) is 4.79 Å². The van der Waals surface area contributed by atoms with Gasteiger partial charge < -0.3 is 9.84 Å². The van der Waals surface area contributed by atoms with E-state index in [1.165, 1.54) is 11.3 Å². The number of benzene rings is 2. The maximum atomic E-state index is 12.5. The average Bonchev–Trinajstić information content (AvgIpc) is 2.85. The Morgan fingerprint density at radius 1 is 1.14 bits per heavy atom. The first-order chi connectivity index (χ1) is 10.2. The van der Waals surface area contributed by atoms with Crippen molar-refractivity contribution in [3.8, 4) is 11.5 Å². The molecule has 0 saturated heterocycles. The SMILES string of the molecule is CCOc1ccc(C(=O)c2sc3ccccc3c2O)cc1. The smallest absolute Gasteiger partial charge is 0.206 e. The Bertz CT molecular complexity index is 787. The summed E-state index contributed by atoms with van der Waals surface area (Å²) in [6, 6.07) is 14.4. The van der Waals surface area contributed by atoms with E-state index in [1.807, 2.05) is 31.2 Å². The Hall–Kier alpha value is -2.33. The van der Waals surface area contributed by atoms with Gasteiger partial charge in [0.25, 0.3) is 0 Å². The molecule has 1 aromatic heterocycles. The topological polar surface area (TPSA) is 46.5 Å². The first kappa shape index (κ1) is 13.6. The summed E-state index contributed by atoms with van der Waals surface area (Å²) in [7, 11) is 0. The van der Waals surface area contributed by atoms with E-state index in [1.54, 1.807) is 24.3 Å². The molecule has 0 saturated carbocycles. The highest BCUT2D eigenvalue weighted by atomic mass is 32.1. The third kappa shape index (κ3) is 2.50. The summed E-state index contributed by atoms with van der Waals surface area (Å²) in [5.74, 6) is 0.626. The van der Waals surface area contributed by atoms with Crippen molar-refractivity contribution in [2.75, 3.05) is 6.61 Å². The normalized spacial score (nSPS) is 10.7. The molecule has 3 aromatic rings. The van der Waals surface area contributed by atoms with Crippen molar-refractivity contribution >= 4 is 27.2 Å². The monoisotopic (exact) mass is 298 g/mol. The first-order valence-corrected chi connectivity index (χ1v) is 7.50. The van der Waals surface area contributed by atoms with Gasteiger partial charge in [0.05, 0.1) is 6.61 Å². The second kappa shape index (κ2) is 5.58. The zero-order valence-corrected chi connectivity index (χ0v) is 12.3. The summed E-state index contributed by atoms with van der Waals surface area (Å²) < 4.78 is 6.27. The van der Waals surface area contributed by atoms with Crippen molar-refractivity contribution in [1.29, 1.82) is 0 Å². The lowest BCUT2D eigenvalue weighted by molar-refractivity contribution is 0.104. The molecule has 0 aliphatic rings. The molecule has 2 aromatic carbocycles. The Morgan fingerprint density at radius 3 is 2.52 bits per heavy atom. The van der Waals surface area contributed by atoms with Crippen molar-refractivity contribution in [3.05, 3.63) is 59.0 Å². The van der Waals surface area contributed by atoms with Gasteiger partial charge in [0.15, 0.2) is 0 Å². The van der Waals surface area contributed by atoms with Crippen molar-refractivity contribution < 1.29 is 14.6 Å². The van der Waals surface area contributed by atoms with Crippen LogP contribution in [0, 0.1) is 0 Å². The van der Waals surface area contributed by atoms with E-state index in [4.69, 9.17) is 4.74 Å². The summed E-state index contributed by atoms with van der Waals surface area (Å²) in [6.07, 6.45) is 0. The molecule has 0 radical (unpaired) electrons. The molecule has 21 heavy (non-hydrogen) atoms. The maximum Gasteiger partial charge on any atom is 0.206 e. The molecule has 4 heteroatoms. The Morgan fingerprint density at radius 2 is 1.86 bits per heavy atom. The van der Waals surface area contributed by atoms with Gasteiger partial charge in [-0.2, -0.15) is 0 Å². The van der Waals surface area contributed by atoms with Gasteiger partial charge in [-0.1, -0.05) is 12.1 Å². The average molecular weight is 298 g/mol. The number of thiophene rings is 1. The molecule has 1 N–H and O–H groups in total. The molecule has 0 aliphatic carbocycles. The molecule has 106 valence electrons. The molecular weight excluding hydrogens is 284 g/mol.